The van der Waals surface area contributed by atoms with E-state index in [0.29, 0.717) is 19.1 Å². The fourth-order valence-electron chi connectivity index (χ4n) is 2.78. The van der Waals surface area contributed by atoms with E-state index in [1.165, 1.54) is 0 Å². The molecule has 6 nitrogen and oxygen atoms in total. The van der Waals surface area contributed by atoms with Crippen LogP contribution >= 0.6 is 0 Å². The van der Waals surface area contributed by atoms with Crippen LogP contribution in [0.3, 0.4) is 0 Å². The normalized spacial score (nSPS) is 23.0. The summed E-state index contributed by atoms with van der Waals surface area (Å²) in [7, 11) is 0. The molecule has 0 aromatic heterocycles. The van der Waals surface area contributed by atoms with E-state index in [1.807, 2.05) is 20.8 Å². The molecule has 1 N–H and O–H groups in total. The molecule has 2 amide bonds. The maximum absolute atomic E-state index is 12.4. The number of carbonyl (C=O) groups excluding carboxylic acids is 2. The first-order valence-corrected chi connectivity index (χ1v) is 8.64. The van der Waals surface area contributed by atoms with E-state index < -0.39 is 17.7 Å². The van der Waals surface area contributed by atoms with Gasteiger partial charge in [-0.05, 0) is 59.3 Å². The van der Waals surface area contributed by atoms with Crippen LogP contribution < -0.4 is 5.32 Å². The summed E-state index contributed by atoms with van der Waals surface area (Å²) in [6.07, 6.45) is 3.60. The molecule has 0 bridgehead atoms. The Labute approximate surface area is 138 Å². The summed E-state index contributed by atoms with van der Waals surface area (Å²) < 4.78 is 10.9. The van der Waals surface area contributed by atoms with Gasteiger partial charge in [0.2, 0.25) is 5.91 Å². The first-order valence-electron chi connectivity index (χ1n) is 8.64. The zero-order valence-corrected chi connectivity index (χ0v) is 14.8. The van der Waals surface area contributed by atoms with Crippen LogP contribution in [0.4, 0.5) is 4.79 Å². The molecule has 0 spiro atoms. The van der Waals surface area contributed by atoms with Gasteiger partial charge in [-0.15, -0.1) is 0 Å². The Bertz CT molecular complexity index is 423. The Balaban J connectivity index is 1.87. The van der Waals surface area contributed by atoms with Crippen molar-refractivity contribution in [3.8, 4) is 0 Å². The molecular formula is C17H30N2O4. The molecule has 1 heterocycles. The smallest absolute Gasteiger partial charge is 0.411 e. The van der Waals surface area contributed by atoms with Gasteiger partial charge in [0.1, 0.15) is 11.6 Å². The van der Waals surface area contributed by atoms with Crippen LogP contribution in [0, 0.1) is 5.92 Å². The van der Waals surface area contributed by atoms with E-state index in [2.05, 4.69) is 5.32 Å². The minimum absolute atomic E-state index is 0.117. The average molecular weight is 326 g/mol. The molecular weight excluding hydrogens is 296 g/mol. The van der Waals surface area contributed by atoms with Gasteiger partial charge >= 0.3 is 6.09 Å². The second-order valence-electron chi connectivity index (χ2n) is 7.62. The zero-order valence-electron chi connectivity index (χ0n) is 14.8. The lowest BCUT2D eigenvalue weighted by molar-refractivity contribution is -0.126. The van der Waals surface area contributed by atoms with Crippen molar-refractivity contribution in [2.45, 2.75) is 71.1 Å². The molecule has 1 aliphatic carbocycles. The van der Waals surface area contributed by atoms with Crippen molar-refractivity contribution in [2.24, 2.45) is 5.92 Å². The zero-order chi connectivity index (χ0) is 17.0. The number of hydrogen-bond acceptors (Lipinski definition) is 4. The summed E-state index contributed by atoms with van der Waals surface area (Å²) in [5, 5.41) is 2.96. The molecule has 1 saturated heterocycles. The molecule has 23 heavy (non-hydrogen) atoms. The summed E-state index contributed by atoms with van der Waals surface area (Å²) in [5.41, 5.74) is -0.556. The molecule has 1 saturated carbocycles. The highest BCUT2D eigenvalue weighted by Crippen LogP contribution is 2.30. The Kier molecular flexibility index (Phi) is 5.89. The molecule has 2 rings (SSSR count). The Morgan fingerprint density at radius 3 is 2.52 bits per heavy atom. The van der Waals surface area contributed by atoms with Gasteiger partial charge < -0.3 is 14.8 Å². The van der Waals surface area contributed by atoms with Crippen molar-refractivity contribution in [2.75, 3.05) is 19.8 Å². The lowest BCUT2D eigenvalue weighted by Gasteiger charge is -2.31. The van der Waals surface area contributed by atoms with Crippen molar-refractivity contribution in [3.05, 3.63) is 0 Å². The maximum Gasteiger partial charge on any atom is 0.411 e. The largest absolute Gasteiger partial charge is 0.444 e. The first kappa shape index (κ1) is 18.0. The third kappa shape index (κ3) is 5.68. The first-order chi connectivity index (χ1) is 10.8. The van der Waals surface area contributed by atoms with Gasteiger partial charge in [-0.25, -0.2) is 4.79 Å². The van der Waals surface area contributed by atoms with Gasteiger partial charge in [0, 0.05) is 19.2 Å². The minimum atomic E-state index is -0.556. The van der Waals surface area contributed by atoms with Crippen molar-refractivity contribution < 1.29 is 19.1 Å². The SMILES string of the molecule is CC(C(=O)NCC1CCCOC1)N(C(=O)OC(C)(C)C)C1CC1. The Morgan fingerprint density at radius 1 is 1.30 bits per heavy atom. The Morgan fingerprint density at radius 2 is 2.00 bits per heavy atom. The molecule has 6 heteroatoms. The van der Waals surface area contributed by atoms with Crippen molar-refractivity contribution in [1.82, 2.24) is 10.2 Å². The van der Waals surface area contributed by atoms with Gasteiger partial charge in [0.05, 0.1) is 6.61 Å². The molecule has 2 atom stereocenters. The fourth-order valence-corrected chi connectivity index (χ4v) is 2.78. The standard InChI is InChI=1S/C17H30N2O4/c1-12(15(20)18-10-13-6-5-9-22-11-13)19(14-7-8-14)16(21)23-17(2,3)4/h12-14H,5-11H2,1-4H3,(H,18,20). The van der Waals surface area contributed by atoms with Crippen molar-refractivity contribution >= 4 is 12.0 Å². The molecule has 0 radical (unpaired) electrons. The third-order valence-corrected chi connectivity index (χ3v) is 4.16. The van der Waals surface area contributed by atoms with E-state index in [0.717, 1.165) is 32.3 Å². The predicted octanol–water partition coefficient (Wildman–Crippen LogP) is 2.32. The highest BCUT2D eigenvalue weighted by atomic mass is 16.6. The molecule has 0 aromatic rings. The van der Waals surface area contributed by atoms with Crippen LogP contribution in [-0.2, 0) is 14.3 Å². The van der Waals surface area contributed by atoms with E-state index in [9.17, 15) is 9.59 Å². The van der Waals surface area contributed by atoms with Crippen LogP contribution in [0.5, 0.6) is 0 Å². The van der Waals surface area contributed by atoms with Gasteiger partial charge in [-0.2, -0.15) is 0 Å². The van der Waals surface area contributed by atoms with Crippen LogP contribution in [0.1, 0.15) is 53.4 Å². The summed E-state index contributed by atoms with van der Waals surface area (Å²) >= 11 is 0. The van der Waals surface area contributed by atoms with Gasteiger partial charge in [-0.3, -0.25) is 9.69 Å². The van der Waals surface area contributed by atoms with Crippen molar-refractivity contribution in [3.63, 3.8) is 0 Å². The number of hydrogen-bond donors (Lipinski definition) is 1. The molecule has 2 unspecified atom stereocenters. The van der Waals surface area contributed by atoms with Crippen LogP contribution in [0.15, 0.2) is 0 Å². The number of nitrogens with zero attached hydrogens (tertiary/aromatic N) is 1. The quantitative estimate of drug-likeness (QED) is 0.842. The predicted molar refractivity (Wildman–Crippen MR) is 87.1 cm³/mol. The average Bonchev–Trinajstić information content (AvgIpc) is 3.28. The number of rotatable bonds is 5. The lowest BCUT2D eigenvalue weighted by Crippen LogP contribution is -2.51. The number of carbonyl (C=O) groups is 2. The molecule has 0 aromatic carbocycles. The summed E-state index contributed by atoms with van der Waals surface area (Å²) in [6, 6.07) is -0.384. The highest BCUT2D eigenvalue weighted by molar-refractivity contribution is 5.85. The van der Waals surface area contributed by atoms with E-state index in [1.54, 1.807) is 11.8 Å². The molecule has 2 aliphatic rings. The van der Waals surface area contributed by atoms with Gasteiger partial charge in [0.15, 0.2) is 0 Å². The van der Waals surface area contributed by atoms with E-state index >= 15 is 0 Å². The summed E-state index contributed by atoms with van der Waals surface area (Å²) in [5.74, 6) is 0.254. The summed E-state index contributed by atoms with van der Waals surface area (Å²) in [6.45, 7) is 9.41. The topological polar surface area (TPSA) is 67.9 Å². The number of amides is 2. The molecule has 2 fully saturated rings. The second-order valence-corrected chi connectivity index (χ2v) is 7.62. The van der Waals surface area contributed by atoms with Crippen LogP contribution in [0.25, 0.3) is 0 Å². The molecule has 1 aliphatic heterocycles. The molecule has 132 valence electrons. The monoisotopic (exact) mass is 326 g/mol. The maximum atomic E-state index is 12.4. The number of nitrogens with one attached hydrogen (secondary N) is 1. The number of ether oxygens (including phenoxy) is 2. The van der Waals surface area contributed by atoms with Crippen molar-refractivity contribution in [1.29, 1.82) is 0 Å². The van der Waals surface area contributed by atoms with E-state index in [4.69, 9.17) is 9.47 Å². The summed E-state index contributed by atoms with van der Waals surface area (Å²) in [4.78, 5) is 26.4. The van der Waals surface area contributed by atoms with Crippen LogP contribution in [-0.4, -0.2) is 54.3 Å². The fraction of sp³-hybridized carbons (Fsp3) is 0.882. The van der Waals surface area contributed by atoms with Crippen LogP contribution in [0.2, 0.25) is 0 Å². The van der Waals surface area contributed by atoms with Gasteiger partial charge in [0.25, 0.3) is 0 Å². The minimum Gasteiger partial charge on any atom is -0.444 e. The Hall–Kier alpha value is -1.30. The lowest BCUT2D eigenvalue weighted by atomic mass is 10.0. The second kappa shape index (κ2) is 7.51. The third-order valence-electron chi connectivity index (χ3n) is 4.16. The highest BCUT2D eigenvalue weighted by Gasteiger charge is 2.40. The van der Waals surface area contributed by atoms with Gasteiger partial charge in [-0.1, -0.05) is 0 Å². The van der Waals surface area contributed by atoms with E-state index in [-0.39, 0.29) is 11.9 Å².